The number of carbonyl (C=O) groups is 1. The molecule has 2 N–H and O–H groups in total. The standard InChI is InChI=1S/C5H10N2O2/c1-4(3-7-9)5(8)6-2/h3-4,9H,1-2H3,(H,6,8). The van der Waals surface area contributed by atoms with Crippen LogP contribution in [0.3, 0.4) is 0 Å². The molecule has 0 heterocycles. The summed E-state index contributed by atoms with van der Waals surface area (Å²) in [7, 11) is 1.53. The maximum absolute atomic E-state index is 10.6. The van der Waals surface area contributed by atoms with Gasteiger partial charge in [-0.1, -0.05) is 0 Å². The Morgan fingerprint density at radius 3 is 2.78 bits per heavy atom. The van der Waals surface area contributed by atoms with Crippen molar-refractivity contribution in [1.82, 2.24) is 5.32 Å². The van der Waals surface area contributed by atoms with Crippen molar-refractivity contribution in [2.24, 2.45) is 11.1 Å². The van der Waals surface area contributed by atoms with E-state index in [0.29, 0.717) is 0 Å². The molecule has 4 nitrogen and oxygen atoms in total. The molecule has 52 valence electrons. The topological polar surface area (TPSA) is 61.7 Å². The summed E-state index contributed by atoms with van der Waals surface area (Å²) in [4.78, 5) is 10.6. The molecule has 1 unspecified atom stereocenters. The molecule has 0 spiro atoms. The molecule has 0 aromatic heterocycles. The Kier molecular flexibility index (Phi) is 3.43. The molecular weight excluding hydrogens is 120 g/mol. The number of oxime groups is 1. The summed E-state index contributed by atoms with van der Waals surface area (Å²) in [5.74, 6) is -0.521. The van der Waals surface area contributed by atoms with Gasteiger partial charge < -0.3 is 10.5 Å². The van der Waals surface area contributed by atoms with Crippen LogP contribution in [0.4, 0.5) is 0 Å². The highest BCUT2D eigenvalue weighted by atomic mass is 16.4. The molecule has 4 heteroatoms. The van der Waals surface area contributed by atoms with Gasteiger partial charge in [-0.3, -0.25) is 4.79 Å². The van der Waals surface area contributed by atoms with Gasteiger partial charge in [0.05, 0.1) is 12.1 Å². The third-order valence-corrected chi connectivity index (χ3v) is 0.950. The first-order valence-corrected chi connectivity index (χ1v) is 2.61. The van der Waals surface area contributed by atoms with Crippen LogP contribution < -0.4 is 5.32 Å². The van der Waals surface area contributed by atoms with Crippen LogP contribution in [0.25, 0.3) is 0 Å². The van der Waals surface area contributed by atoms with E-state index < -0.39 is 0 Å². The fourth-order valence-electron chi connectivity index (χ4n) is 0.395. The smallest absolute Gasteiger partial charge is 0.228 e. The van der Waals surface area contributed by atoms with E-state index in [-0.39, 0.29) is 11.8 Å². The minimum atomic E-state index is -0.361. The summed E-state index contributed by atoms with van der Waals surface area (Å²) < 4.78 is 0. The Morgan fingerprint density at radius 1 is 1.89 bits per heavy atom. The van der Waals surface area contributed by atoms with Crippen LogP contribution >= 0.6 is 0 Å². The predicted octanol–water partition coefficient (Wildman–Crippen LogP) is -0.171. The average Bonchev–Trinajstić information content (AvgIpc) is 1.87. The van der Waals surface area contributed by atoms with Crippen LogP contribution in [0, 0.1) is 5.92 Å². The first-order valence-electron chi connectivity index (χ1n) is 2.61. The maximum Gasteiger partial charge on any atom is 0.228 e. The first kappa shape index (κ1) is 7.94. The highest BCUT2D eigenvalue weighted by Gasteiger charge is 2.06. The number of amides is 1. The summed E-state index contributed by atoms with van der Waals surface area (Å²) >= 11 is 0. The molecule has 0 fully saturated rings. The van der Waals surface area contributed by atoms with Gasteiger partial charge >= 0.3 is 0 Å². The molecule has 1 atom stereocenters. The number of carbonyl (C=O) groups excluding carboxylic acids is 1. The summed E-state index contributed by atoms with van der Waals surface area (Å²) in [5.41, 5.74) is 0. The number of nitrogens with one attached hydrogen (secondary N) is 1. The summed E-state index contributed by atoms with van der Waals surface area (Å²) in [6.07, 6.45) is 1.17. The summed E-state index contributed by atoms with van der Waals surface area (Å²) in [6.45, 7) is 1.64. The van der Waals surface area contributed by atoms with Gasteiger partial charge in [-0.2, -0.15) is 0 Å². The van der Waals surface area contributed by atoms with E-state index in [1.54, 1.807) is 6.92 Å². The number of hydrogen-bond donors (Lipinski definition) is 2. The fraction of sp³-hybridized carbons (Fsp3) is 0.600. The third-order valence-electron chi connectivity index (χ3n) is 0.950. The van der Waals surface area contributed by atoms with Crippen molar-refractivity contribution in [2.45, 2.75) is 6.92 Å². The zero-order valence-electron chi connectivity index (χ0n) is 5.46. The van der Waals surface area contributed by atoms with Gasteiger partial charge in [0.15, 0.2) is 0 Å². The monoisotopic (exact) mass is 130 g/mol. The molecule has 0 saturated heterocycles. The molecule has 0 aromatic carbocycles. The molecule has 9 heavy (non-hydrogen) atoms. The molecule has 0 aromatic rings. The van der Waals surface area contributed by atoms with E-state index in [1.165, 1.54) is 13.3 Å². The SMILES string of the molecule is CNC(=O)C(C)C=NO. The quantitative estimate of drug-likeness (QED) is 0.309. The zero-order chi connectivity index (χ0) is 7.28. The van der Waals surface area contributed by atoms with E-state index in [9.17, 15) is 4.79 Å². The molecule has 0 aliphatic carbocycles. The predicted molar refractivity (Wildman–Crippen MR) is 33.5 cm³/mol. The Hall–Kier alpha value is -1.06. The van der Waals surface area contributed by atoms with Crippen LogP contribution in [-0.4, -0.2) is 24.4 Å². The van der Waals surface area contributed by atoms with Gasteiger partial charge in [-0.15, -0.1) is 5.16 Å². The lowest BCUT2D eigenvalue weighted by Gasteiger charge is -1.99. The zero-order valence-corrected chi connectivity index (χ0v) is 5.46. The van der Waals surface area contributed by atoms with Gasteiger partial charge in [0.2, 0.25) is 5.91 Å². The highest BCUT2D eigenvalue weighted by Crippen LogP contribution is 1.87. The average molecular weight is 130 g/mol. The van der Waals surface area contributed by atoms with Crippen molar-refractivity contribution in [1.29, 1.82) is 0 Å². The molecule has 0 radical (unpaired) electrons. The third kappa shape index (κ3) is 2.69. The van der Waals surface area contributed by atoms with Crippen LogP contribution in [0.2, 0.25) is 0 Å². The summed E-state index contributed by atoms with van der Waals surface area (Å²) in [6, 6.07) is 0. The van der Waals surface area contributed by atoms with Crippen LogP contribution in [0.1, 0.15) is 6.92 Å². The molecular formula is C5H10N2O2. The minimum absolute atomic E-state index is 0.159. The fourth-order valence-corrected chi connectivity index (χ4v) is 0.395. The Balaban J connectivity index is 3.72. The Bertz CT molecular complexity index is 122. The van der Waals surface area contributed by atoms with Gasteiger partial charge in [0.1, 0.15) is 0 Å². The van der Waals surface area contributed by atoms with Crippen molar-refractivity contribution in [3.8, 4) is 0 Å². The van der Waals surface area contributed by atoms with Crippen LogP contribution in [0.5, 0.6) is 0 Å². The lowest BCUT2D eigenvalue weighted by Crippen LogP contribution is -2.25. The van der Waals surface area contributed by atoms with Crippen molar-refractivity contribution in [3.05, 3.63) is 0 Å². The maximum atomic E-state index is 10.6. The minimum Gasteiger partial charge on any atom is -0.411 e. The molecule has 0 bridgehead atoms. The first-order chi connectivity index (χ1) is 4.22. The van der Waals surface area contributed by atoms with E-state index in [0.717, 1.165) is 0 Å². The van der Waals surface area contributed by atoms with E-state index in [2.05, 4.69) is 10.5 Å². The van der Waals surface area contributed by atoms with Crippen molar-refractivity contribution in [3.63, 3.8) is 0 Å². The van der Waals surface area contributed by atoms with E-state index >= 15 is 0 Å². The highest BCUT2D eigenvalue weighted by molar-refractivity contribution is 5.92. The Morgan fingerprint density at radius 2 is 2.44 bits per heavy atom. The number of nitrogens with zero attached hydrogens (tertiary/aromatic N) is 1. The molecule has 1 amide bonds. The second kappa shape index (κ2) is 3.88. The van der Waals surface area contributed by atoms with Crippen molar-refractivity contribution >= 4 is 12.1 Å². The van der Waals surface area contributed by atoms with Crippen molar-refractivity contribution in [2.75, 3.05) is 7.05 Å². The van der Waals surface area contributed by atoms with Gasteiger partial charge in [-0.05, 0) is 6.92 Å². The number of rotatable bonds is 2. The molecule has 0 rings (SSSR count). The van der Waals surface area contributed by atoms with E-state index in [1.807, 2.05) is 0 Å². The van der Waals surface area contributed by atoms with Gasteiger partial charge in [0.25, 0.3) is 0 Å². The Labute approximate surface area is 53.6 Å². The second-order valence-corrected chi connectivity index (χ2v) is 1.67. The van der Waals surface area contributed by atoms with Crippen molar-refractivity contribution < 1.29 is 10.0 Å². The number of hydrogen-bond acceptors (Lipinski definition) is 3. The second-order valence-electron chi connectivity index (χ2n) is 1.67. The molecule has 0 aliphatic rings. The molecule has 0 aliphatic heterocycles. The summed E-state index contributed by atoms with van der Waals surface area (Å²) in [5, 5.41) is 13.1. The van der Waals surface area contributed by atoms with Gasteiger partial charge in [-0.25, -0.2) is 0 Å². The van der Waals surface area contributed by atoms with Gasteiger partial charge in [0, 0.05) is 7.05 Å². The lowest BCUT2D eigenvalue weighted by atomic mass is 10.2. The lowest BCUT2D eigenvalue weighted by molar-refractivity contribution is -0.122. The van der Waals surface area contributed by atoms with Crippen LogP contribution in [0.15, 0.2) is 5.16 Å². The van der Waals surface area contributed by atoms with Crippen LogP contribution in [-0.2, 0) is 4.79 Å². The largest absolute Gasteiger partial charge is 0.411 e. The normalized spacial score (nSPS) is 13.6. The van der Waals surface area contributed by atoms with E-state index in [4.69, 9.17) is 5.21 Å². The molecule has 0 saturated carbocycles.